The second-order valence-electron chi connectivity index (χ2n) is 3.56. The minimum Gasteiger partial charge on any atom is -0.480 e. The molecule has 1 aromatic heterocycles. The van der Waals surface area contributed by atoms with Gasteiger partial charge in [0.1, 0.15) is 13.1 Å². The van der Waals surface area contributed by atoms with E-state index in [0.717, 1.165) is 10.9 Å². The van der Waals surface area contributed by atoms with Crippen molar-refractivity contribution in [3.05, 3.63) is 11.9 Å². The highest BCUT2D eigenvalue weighted by molar-refractivity contribution is 7.87. The van der Waals surface area contributed by atoms with Gasteiger partial charge in [0.05, 0.1) is 18.4 Å². The van der Waals surface area contributed by atoms with Crippen LogP contribution in [0.2, 0.25) is 0 Å². The van der Waals surface area contributed by atoms with Crippen LogP contribution in [-0.4, -0.2) is 47.2 Å². The molecule has 0 spiro atoms. The van der Waals surface area contributed by atoms with Gasteiger partial charge in [-0.3, -0.25) is 4.79 Å². The molecule has 0 aliphatic heterocycles. The monoisotopic (exact) mass is 317 g/mol. The van der Waals surface area contributed by atoms with E-state index in [9.17, 15) is 26.4 Å². The number of carbonyl (C=O) groups is 1. The molecule has 0 radical (unpaired) electrons. The van der Waals surface area contributed by atoms with Crippen LogP contribution in [0.3, 0.4) is 0 Å². The zero-order chi connectivity index (χ0) is 15.4. The van der Waals surface area contributed by atoms with Crippen LogP contribution in [0, 0.1) is 0 Å². The quantitative estimate of drug-likeness (QED) is 0.583. The Morgan fingerprint density at radius 1 is 1.40 bits per heavy atom. The van der Waals surface area contributed by atoms with E-state index in [1.165, 1.54) is 4.72 Å². The number of alkyl halides is 3. The van der Waals surface area contributed by atoms with Crippen LogP contribution in [0.1, 0.15) is 5.69 Å². The molecule has 0 aromatic carbocycles. The van der Waals surface area contributed by atoms with E-state index in [1.807, 2.05) is 4.72 Å². The van der Waals surface area contributed by atoms with Crippen molar-refractivity contribution in [1.29, 1.82) is 0 Å². The average molecular weight is 317 g/mol. The maximum atomic E-state index is 11.8. The topological polar surface area (TPSA) is 126 Å². The fraction of sp³-hybridized carbons (Fsp3) is 0.571. The fourth-order valence-corrected chi connectivity index (χ4v) is 1.83. The van der Waals surface area contributed by atoms with Crippen molar-refractivity contribution in [2.24, 2.45) is 0 Å². The number of aliphatic carboxylic acids is 1. The normalized spacial score (nSPS) is 12.6. The molecule has 20 heavy (non-hydrogen) atoms. The summed E-state index contributed by atoms with van der Waals surface area (Å²) in [5.74, 6) is -1.17. The summed E-state index contributed by atoms with van der Waals surface area (Å²) < 4.78 is 61.9. The molecule has 0 unspecified atom stereocenters. The number of halogens is 3. The van der Waals surface area contributed by atoms with Crippen LogP contribution in [0.25, 0.3) is 0 Å². The van der Waals surface area contributed by atoms with E-state index in [-0.39, 0.29) is 5.69 Å². The van der Waals surface area contributed by atoms with Gasteiger partial charge in [0.2, 0.25) is 0 Å². The average Bonchev–Trinajstić information content (AvgIpc) is 2.70. The molecule has 0 bridgehead atoms. The first-order valence-electron chi connectivity index (χ1n) is 4.99. The second kappa shape index (κ2) is 6.15. The van der Waals surface area contributed by atoms with Crippen LogP contribution < -0.4 is 9.44 Å². The molecule has 1 aromatic rings. The van der Waals surface area contributed by atoms with Crippen LogP contribution >= 0.6 is 0 Å². The predicted molar refractivity (Wildman–Crippen MR) is 57.5 cm³/mol. The van der Waals surface area contributed by atoms with E-state index in [0.29, 0.717) is 0 Å². The summed E-state index contributed by atoms with van der Waals surface area (Å²) in [6.07, 6.45) is -3.51. The minimum absolute atomic E-state index is 0.0589. The first kappa shape index (κ1) is 16.3. The number of nitrogens with zero attached hydrogens (tertiary/aromatic N) is 3. The zero-order valence-corrected chi connectivity index (χ0v) is 10.6. The Morgan fingerprint density at radius 2 is 2.05 bits per heavy atom. The van der Waals surface area contributed by atoms with E-state index in [2.05, 4.69) is 10.3 Å². The third-order valence-electron chi connectivity index (χ3n) is 1.79. The largest absolute Gasteiger partial charge is 0.480 e. The molecule has 1 heterocycles. The zero-order valence-electron chi connectivity index (χ0n) is 9.75. The molecule has 0 aliphatic carbocycles. The first-order valence-corrected chi connectivity index (χ1v) is 6.47. The SMILES string of the molecule is O=C(O)Cn1cc(CNS(=O)(=O)NCC(F)(F)F)nn1. The molecule has 0 atom stereocenters. The lowest BCUT2D eigenvalue weighted by atomic mass is 10.5. The van der Waals surface area contributed by atoms with Gasteiger partial charge in [0.15, 0.2) is 0 Å². The summed E-state index contributed by atoms with van der Waals surface area (Å²) in [5.41, 5.74) is 0.0589. The summed E-state index contributed by atoms with van der Waals surface area (Å²) in [4.78, 5) is 10.4. The van der Waals surface area contributed by atoms with Gasteiger partial charge in [-0.1, -0.05) is 5.21 Å². The fourth-order valence-electron chi connectivity index (χ4n) is 1.03. The summed E-state index contributed by atoms with van der Waals surface area (Å²) in [6.45, 7) is -2.59. The number of carboxylic acids is 1. The third-order valence-corrected chi connectivity index (χ3v) is 2.84. The van der Waals surface area contributed by atoms with E-state index >= 15 is 0 Å². The van der Waals surface area contributed by atoms with E-state index < -0.39 is 42.0 Å². The molecule has 0 fully saturated rings. The van der Waals surface area contributed by atoms with Gasteiger partial charge in [-0.15, -0.1) is 5.10 Å². The van der Waals surface area contributed by atoms with Crippen molar-refractivity contribution in [3.63, 3.8) is 0 Å². The van der Waals surface area contributed by atoms with Gasteiger partial charge in [-0.25, -0.2) is 4.68 Å². The van der Waals surface area contributed by atoms with Crippen molar-refractivity contribution in [2.75, 3.05) is 6.54 Å². The van der Waals surface area contributed by atoms with Crippen LogP contribution in [-0.2, 0) is 28.1 Å². The van der Waals surface area contributed by atoms with Crippen LogP contribution in [0.5, 0.6) is 0 Å². The Labute approximate surface area is 110 Å². The highest BCUT2D eigenvalue weighted by atomic mass is 32.2. The van der Waals surface area contributed by atoms with Gasteiger partial charge in [0, 0.05) is 0 Å². The molecule has 0 saturated heterocycles. The Hall–Kier alpha value is -1.73. The summed E-state index contributed by atoms with van der Waals surface area (Å²) in [6, 6.07) is 0. The van der Waals surface area contributed by atoms with Crippen molar-refractivity contribution in [3.8, 4) is 0 Å². The Kier molecular flexibility index (Phi) is 5.02. The highest BCUT2D eigenvalue weighted by Gasteiger charge is 2.29. The Bertz CT molecular complexity index is 569. The van der Waals surface area contributed by atoms with Gasteiger partial charge in [-0.2, -0.15) is 31.0 Å². The van der Waals surface area contributed by atoms with Crippen molar-refractivity contribution in [1.82, 2.24) is 24.4 Å². The summed E-state index contributed by atoms with van der Waals surface area (Å²) in [7, 11) is -4.34. The van der Waals surface area contributed by atoms with Crippen molar-refractivity contribution < 1.29 is 31.5 Å². The Morgan fingerprint density at radius 3 is 2.60 bits per heavy atom. The summed E-state index contributed by atoms with van der Waals surface area (Å²) >= 11 is 0. The third kappa shape index (κ3) is 6.44. The van der Waals surface area contributed by atoms with Crippen LogP contribution in [0.4, 0.5) is 13.2 Å². The minimum atomic E-state index is -4.67. The first-order chi connectivity index (χ1) is 9.07. The van der Waals surface area contributed by atoms with Gasteiger partial charge in [-0.05, 0) is 0 Å². The molecule has 114 valence electrons. The molecule has 13 heteroatoms. The van der Waals surface area contributed by atoms with Crippen molar-refractivity contribution >= 4 is 16.2 Å². The van der Waals surface area contributed by atoms with Gasteiger partial charge in [0.25, 0.3) is 10.2 Å². The molecule has 9 nitrogen and oxygen atoms in total. The molecule has 0 amide bonds. The number of carboxylic acid groups (broad SMARTS) is 1. The maximum Gasteiger partial charge on any atom is 0.402 e. The lowest BCUT2D eigenvalue weighted by molar-refractivity contribution is -0.138. The van der Waals surface area contributed by atoms with Crippen molar-refractivity contribution in [2.45, 2.75) is 19.3 Å². The molecule has 0 aliphatic rings. The number of rotatable bonds is 7. The molecule has 1 rings (SSSR count). The number of hydrogen-bond donors (Lipinski definition) is 3. The number of aromatic nitrogens is 3. The molecular weight excluding hydrogens is 307 g/mol. The van der Waals surface area contributed by atoms with Crippen LogP contribution in [0.15, 0.2) is 6.20 Å². The smallest absolute Gasteiger partial charge is 0.402 e. The second-order valence-corrected chi connectivity index (χ2v) is 5.15. The lowest BCUT2D eigenvalue weighted by Crippen LogP contribution is -2.41. The molecule has 0 saturated carbocycles. The highest BCUT2D eigenvalue weighted by Crippen LogP contribution is 2.12. The van der Waals surface area contributed by atoms with E-state index in [1.54, 1.807) is 0 Å². The Balaban J connectivity index is 2.49. The van der Waals surface area contributed by atoms with Gasteiger partial charge >= 0.3 is 12.1 Å². The van der Waals surface area contributed by atoms with Gasteiger partial charge < -0.3 is 5.11 Å². The summed E-state index contributed by atoms with van der Waals surface area (Å²) in [5, 5.41) is 15.3. The predicted octanol–water partition coefficient (Wildman–Crippen LogP) is -1.15. The number of nitrogens with one attached hydrogen (secondary N) is 2. The lowest BCUT2D eigenvalue weighted by Gasteiger charge is -2.09. The van der Waals surface area contributed by atoms with E-state index in [4.69, 9.17) is 5.11 Å². The standard InChI is InChI=1S/C7H10F3N5O4S/c8-7(9,10)4-12-20(18,19)11-1-5-2-15(14-13-5)3-6(16)17/h2,11-12H,1,3-4H2,(H,16,17). The molecular formula is C7H10F3N5O4S. The molecule has 3 N–H and O–H groups in total. The maximum absolute atomic E-state index is 11.8. The number of hydrogen-bond acceptors (Lipinski definition) is 5.